The molecule has 0 spiro atoms. The van der Waals surface area contributed by atoms with Gasteiger partial charge in [-0.3, -0.25) is 4.79 Å². The van der Waals surface area contributed by atoms with Gasteiger partial charge in [0.2, 0.25) is 0 Å². The third-order valence-corrected chi connectivity index (χ3v) is 5.75. The maximum Gasteiger partial charge on any atom is 0.423 e. The number of hydrogen-bond acceptors (Lipinski definition) is 4. The number of aliphatic carboxylic acids is 1. The number of carbonyl (C=O) groups is 1. The molecule has 0 radical (unpaired) electrons. The van der Waals surface area contributed by atoms with Crippen LogP contribution in [0.3, 0.4) is 0 Å². The van der Waals surface area contributed by atoms with Crippen molar-refractivity contribution < 1.29 is 41.0 Å². The zero-order chi connectivity index (χ0) is 23.6. The molecule has 11 heteroatoms. The lowest BCUT2D eigenvalue weighted by Crippen LogP contribution is -2.19. The highest BCUT2D eigenvalue weighted by Gasteiger charge is 2.44. The summed E-state index contributed by atoms with van der Waals surface area (Å²) in [4.78, 5) is 9.54. The molecule has 0 bridgehead atoms. The van der Waals surface area contributed by atoms with Gasteiger partial charge in [-0.15, -0.1) is 0 Å². The van der Waals surface area contributed by atoms with Crippen molar-refractivity contribution in [1.29, 1.82) is 0 Å². The largest absolute Gasteiger partial charge is 0.483 e. The number of nitrogens with one attached hydrogen (secondary N) is 1. The molecule has 2 aromatic carbocycles. The molecule has 172 valence electrons. The molecule has 1 heterocycles. The number of allylic oxidation sites excluding steroid dienone is 1. The maximum atomic E-state index is 14.4. The van der Waals surface area contributed by atoms with Gasteiger partial charge in [0.15, 0.2) is 17.4 Å². The Kier molecular flexibility index (Phi) is 7.09. The van der Waals surface area contributed by atoms with E-state index in [1.165, 1.54) is 18.2 Å². The van der Waals surface area contributed by atoms with E-state index in [4.69, 9.17) is 9.84 Å². The summed E-state index contributed by atoms with van der Waals surface area (Å²) in [6.07, 6.45) is -5.28. The Morgan fingerprint density at radius 2 is 1.78 bits per heavy atom. The van der Waals surface area contributed by atoms with Crippen molar-refractivity contribution in [2.75, 3.05) is 6.61 Å². The fourth-order valence-corrected chi connectivity index (χ4v) is 4.12. The Morgan fingerprint density at radius 1 is 1.12 bits per heavy atom. The summed E-state index contributed by atoms with van der Waals surface area (Å²) >= 11 is 0.243. The second kappa shape index (κ2) is 9.45. The predicted molar refractivity (Wildman–Crippen MR) is 105 cm³/mol. The van der Waals surface area contributed by atoms with E-state index in [-0.39, 0.29) is 35.9 Å². The Hall–Kier alpha value is -2.66. The molecule has 2 N–H and O–H groups in total. The van der Waals surface area contributed by atoms with Crippen LogP contribution in [0.4, 0.5) is 26.3 Å². The van der Waals surface area contributed by atoms with Crippen LogP contribution in [0.2, 0.25) is 0 Å². The first-order chi connectivity index (χ1) is 15.0. The van der Waals surface area contributed by atoms with E-state index in [0.29, 0.717) is 5.56 Å². The molecule has 0 amide bonds. The topological polar surface area (TPSA) is 58.6 Å². The van der Waals surface area contributed by atoms with Gasteiger partial charge in [-0.05, 0) is 54.6 Å². The van der Waals surface area contributed by atoms with Gasteiger partial charge >= 0.3 is 12.1 Å². The van der Waals surface area contributed by atoms with Crippen LogP contribution in [-0.2, 0) is 11.2 Å². The lowest BCUT2D eigenvalue weighted by molar-refractivity contribution is -0.136. The summed E-state index contributed by atoms with van der Waals surface area (Å²) in [6, 6.07) is 4.53. The minimum atomic E-state index is -4.79. The molecular formula is C21H17F6NO3S. The zero-order valence-corrected chi connectivity index (χ0v) is 17.3. The summed E-state index contributed by atoms with van der Waals surface area (Å²) in [5.41, 5.74) is 0.148. The number of aryl methyl sites for hydroxylation is 2. The van der Waals surface area contributed by atoms with Crippen LogP contribution in [0, 0.1) is 24.4 Å². The van der Waals surface area contributed by atoms with Crippen molar-refractivity contribution >= 4 is 17.9 Å². The molecule has 0 saturated carbocycles. The molecule has 1 aliphatic heterocycles. The van der Waals surface area contributed by atoms with Gasteiger partial charge in [0.05, 0.1) is 6.04 Å². The van der Waals surface area contributed by atoms with Crippen molar-refractivity contribution in [3.05, 3.63) is 75.0 Å². The standard InChI is InChI=1S/C21H17F6NO3S/c1-10-2-4-12(14(22)6-10)18-13(20(32-28-18)21(25,26)27)9-31-19-15(23)7-11(8-16(19)24)3-5-17(29)30/h2,4,6-8,18,28H,3,5,9H2,1H3,(H,29,30). The quantitative estimate of drug-likeness (QED) is 0.401. The number of benzene rings is 2. The zero-order valence-electron chi connectivity index (χ0n) is 16.5. The van der Waals surface area contributed by atoms with Crippen LogP contribution in [0.25, 0.3) is 0 Å². The van der Waals surface area contributed by atoms with Crippen LogP contribution in [0.5, 0.6) is 5.75 Å². The number of ether oxygens (including phenoxy) is 1. The van der Waals surface area contributed by atoms with E-state index in [2.05, 4.69) is 4.72 Å². The third kappa shape index (κ3) is 5.39. The van der Waals surface area contributed by atoms with Gasteiger partial charge in [-0.1, -0.05) is 12.1 Å². The monoisotopic (exact) mass is 477 g/mol. The number of halogens is 6. The molecule has 0 aromatic heterocycles. The molecule has 4 nitrogen and oxygen atoms in total. The molecule has 0 saturated heterocycles. The van der Waals surface area contributed by atoms with Crippen molar-refractivity contribution in [3.63, 3.8) is 0 Å². The molecule has 32 heavy (non-hydrogen) atoms. The molecule has 3 rings (SSSR count). The SMILES string of the molecule is Cc1ccc(C2NSC(C(F)(F)F)=C2COc2c(F)cc(CCC(=O)O)cc2F)c(F)c1. The van der Waals surface area contributed by atoms with Gasteiger partial charge in [-0.2, -0.15) is 13.2 Å². The number of carboxylic acids is 1. The Labute approximate surface area is 183 Å². The van der Waals surface area contributed by atoms with Crippen LogP contribution in [0.1, 0.15) is 29.2 Å². The first-order valence-electron chi connectivity index (χ1n) is 9.28. The van der Waals surface area contributed by atoms with Crippen LogP contribution in [0.15, 0.2) is 40.8 Å². The summed E-state index contributed by atoms with van der Waals surface area (Å²) in [5, 5.41) is 8.67. The van der Waals surface area contributed by atoms with E-state index in [1.54, 1.807) is 6.92 Å². The summed E-state index contributed by atoms with van der Waals surface area (Å²) < 4.78 is 91.1. The van der Waals surface area contributed by atoms with Gasteiger partial charge in [0, 0.05) is 17.6 Å². The van der Waals surface area contributed by atoms with E-state index in [9.17, 15) is 31.1 Å². The fraction of sp³-hybridized carbons (Fsp3) is 0.286. The highest BCUT2D eigenvalue weighted by molar-refractivity contribution is 8.01. The summed E-state index contributed by atoms with van der Waals surface area (Å²) in [7, 11) is 0. The number of rotatable bonds is 7. The average molecular weight is 477 g/mol. The number of hydrogen-bond donors (Lipinski definition) is 2. The van der Waals surface area contributed by atoms with Crippen LogP contribution in [-0.4, -0.2) is 23.9 Å². The van der Waals surface area contributed by atoms with Gasteiger partial charge in [0.25, 0.3) is 0 Å². The minimum Gasteiger partial charge on any atom is -0.483 e. The molecule has 1 atom stereocenters. The Morgan fingerprint density at radius 3 is 2.34 bits per heavy atom. The Balaban J connectivity index is 1.89. The van der Waals surface area contributed by atoms with E-state index < -0.39 is 58.5 Å². The minimum absolute atomic E-state index is 0.0580. The molecule has 0 fully saturated rings. The van der Waals surface area contributed by atoms with Crippen LogP contribution >= 0.6 is 11.9 Å². The van der Waals surface area contributed by atoms with E-state index in [1.807, 2.05) is 0 Å². The van der Waals surface area contributed by atoms with Crippen molar-refractivity contribution in [2.45, 2.75) is 32.0 Å². The highest BCUT2D eigenvalue weighted by Crippen LogP contribution is 2.46. The normalized spacial score (nSPS) is 16.5. The fourth-order valence-electron chi connectivity index (χ4n) is 3.19. The molecule has 1 aliphatic rings. The number of carboxylic acid groups (broad SMARTS) is 1. The molecular weight excluding hydrogens is 460 g/mol. The van der Waals surface area contributed by atoms with E-state index >= 15 is 0 Å². The molecule has 0 aliphatic carbocycles. The van der Waals surface area contributed by atoms with Crippen molar-refractivity contribution in [1.82, 2.24) is 4.72 Å². The van der Waals surface area contributed by atoms with Gasteiger partial charge in [0.1, 0.15) is 17.3 Å². The second-order valence-electron chi connectivity index (χ2n) is 7.10. The smallest absolute Gasteiger partial charge is 0.423 e. The maximum absolute atomic E-state index is 14.4. The van der Waals surface area contributed by atoms with Gasteiger partial charge in [-0.25, -0.2) is 17.9 Å². The predicted octanol–water partition coefficient (Wildman–Crippen LogP) is 5.62. The van der Waals surface area contributed by atoms with Gasteiger partial charge < -0.3 is 9.84 Å². The molecule has 1 unspecified atom stereocenters. The van der Waals surface area contributed by atoms with E-state index in [0.717, 1.165) is 12.1 Å². The van der Waals surface area contributed by atoms with Crippen LogP contribution < -0.4 is 9.46 Å². The average Bonchev–Trinajstić information content (AvgIpc) is 3.10. The first-order valence-corrected chi connectivity index (χ1v) is 10.1. The first kappa shape index (κ1) is 24.0. The highest BCUT2D eigenvalue weighted by atomic mass is 32.2. The lowest BCUT2D eigenvalue weighted by atomic mass is 9.98. The van der Waals surface area contributed by atoms with Crippen molar-refractivity contribution in [2.24, 2.45) is 0 Å². The number of alkyl halides is 3. The lowest BCUT2D eigenvalue weighted by Gasteiger charge is -2.18. The second-order valence-corrected chi connectivity index (χ2v) is 7.95. The third-order valence-electron chi connectivity index (χ3n) is 4.70. The van der Waals surface area contributed by atoms with Crippen molar-refractivity contribution in [3.8, 4) is 5.75 Å². The Bertz CT molecular complexity index is 1050. The molecule has 2 aromatic rings. The summed E-state index contributed by atoms with van der Waals surface area (Å²) in [5.74, 6) is -5.16. The summed E-state index contributed by atoms with van der Waals surface area (Å²) in [6.45, 7) is 0.769.